The minimum atomic E-state index is -2.86. The number of rotatable bonds is 0. The topological polar surface area (TPSA) is 181 Å². The van der Waals surface area contributed by atoms with Crippen molar-refractivity contribution in [3.8, 4) is 0 Å². The first-order valence-corrected chi connectivity index (χ1v) is 4.64. The van der Waals surface area contributed by atoms with Crippen molar-refractivity contribution >= 4 is 59.9 Å². The second kappa shape index (κ2) is 18.8. The Morgan fingerprint density at radius 2 is 0.692 bits per heavy atom. The maximum absolute atomic E-state index is 8.56. The summed E-state index contributed by atoms with van der Waals surface area (Å²) >= 11 is -8.58. The van der Waals surface area contributed by atoms with E-state index in [1.54, 1.807) is 0 Å². The van der Waals surface area contributed by atoms with E-state index in [0.717, 1.165) is 0 Å². The summed E-state index contributed by atoms with van der Waals surface area (Å²) in [6, 6.07) is 0. The third kappa shape index (κ3) is 1380. The van der Waals surface area contributed by atoms with E-state index in [2.05, 4.69) is 0 Å². The molecule has 0 saturated heterocycles. The normalized spacial score (nSPS) is 14.3. The van der Waals surface area contributed by atoms with Crippen LogP contribution in [0.25, 0.3) is 0 Å². The first kappa shape index (κ1) is 23.7. The minimum absolute atomic E-state index is 0. The zero-order valence-electron chi connectivity index (χ0n) is 5.59. The van der Waals surface area contributed by atoms with Crippen LogP contribution in [0.2, 0.25) is 0 Å². The van der Waals surface area contributed by atoms with Crippen LogP contribution < -0.4 is 0 Å². The molecule has 0 bridgehead atoms. The van der Waals surface area contributed by atoms with E-state index in [4.69, 9.17) is 39.9 Å². The van der Waals surface area contributed by atoms with Crippen LogP contribution in [0.1, 0.15) is 0 Å². The Hall–Kier alpha value is 1.08. The molecule has 0 amide bonds. The van der Waals surface area contributed by atoms with E-state index in [9.17, 15) is 0 Å². The fraction of sp³-hybridized carbons (Fsp3) is 0. The standard InChI is InChI=1S/In.3H2O3S/c;3*1-4(2)3/h;3*(H2,1,2,3)/q+3;;;/p-3. The maximum atomic E-state index is 8.56. The molecule has 0 saturated carbocycles. The molecule has 3 atom stereocenters. The van der Waals surface area contributed by atoms with Crippen LogP contribution >= 0.6 is 0 Å². The van der Waals surface area contributed by atoms with Gasteiger partial charge in [-0.05, 0) is 0 Å². The van der Waals surface area contributed by atoms with E-state index < -0.39 is 34.1 Å². The van der Waals surface area contributed by atoms with Gasteiger partial charge in [-0.15, -0.1) is 0 Å². The molecule has 13 heteroatoms. The first-order chi connectivity index (χ1) is 5.20. The Morgan fingerprint density at radius 1 is 0.692 bits per heavy atom. The second-order valence-corrected chi connectivity index (χ2v) is 1.95. The molecular weight excluding hydrogens is 355 g/mol. The van der Waals surface area contributed by atoms with Crippen LogP contribution in [0.15, 0.2) is 0 Å². The van der Waals surface area contributed by atoms with Gasteiger partial charge in [0.25, 0.3) is 0 Å². The summed E-state index contributed by atoms with van der Waals surface area (Å²) in [6.45, 7) is 0. The summed E-state index contributed by atoms with van der Waals surface area (Å²) in [7, 11) is 0. The van der Waals surface area contributed by atoms with Crippen molar-refractivity contribution in [2.45, 2.75) is 0 Å². The van der Waals surface area contributed by atoms with Crippen LogP contribution in [0.4, 0.5) is 0 Å². The van der Waals surface area contributed by atoms with Crippen LogP contribution in [-0.2, 0) is 34.1 Å². The van der Waals surface area contributed by atoms with Gasteiger partial charge in [-0.3, -0.25) is 0 Å². The van der Waals surface area contributed by atoms with Gasteiger partial charge in [0.05, 0.1) is 34.1 Å². The smallest absolute Gasteiger partial charge is 0.750 e. The number of hydrogen-bond acceptors (Lipinski definition) is 6. The summed E-state index contributed by atoms with van der Waals surface area (Å²) in [5, 5.41) is 0. The summed E-state index contributed by atoms with van der Waals surface area (Å²) < 4.78 is 72.2. The van der Waals surface area contributed by atoms with Gasteiger partial charge in [-0.2, -0.15) is 0 Å². The molecule has 3 N–H and O–H groups in total. The fourth-order valence-corrected chi connectivity index (χ4v) is 0. The predicted octanol–water partition coefficient (Wildman–Crippen LogP) is -2.37. The van der Waals surface area contributed by atoms with Crippen molar-refractivity contribution in [1.29, 1.82) is 0 Å². The van der Waals surface area contributed by atoms with Crippen LogP contribution in [-0.4, -0.2) is 65.8 Å². The van der Waals surface area contributed by atoms with Crippen molar-refractivity contribution in [2.75, 3.05) is 0 Å². The average molecular weight is 358 g/mol. The van der Waals surface area contributed by atoms with E-state index in [1.165, 1.54) is 0 Å². The summed E-state index contributed by atoms with van der Waals surface area (Å²) in [4.78, 5) is 0. The maximum Gasteiger partial charge on any atom is 3.00 e. The molecule has 0 rings (SSSR count). The zero-order valence-corrected chi connectivity index (χ0v) is 11.3. The Balaban J connectivity index is -0.0000000450. The molecule has 3 unspecified atom stereocenters. The molecule has 9 nitrogen and oxygen atoms in total. The van der Waals surface area contributed by atoms with Gasteiger partial charge >= 0.3 is 25.8 Å². The quantitative estimate of drug-likeness (QED) is 0.399. The molecule has 0 spiro atoms. The van der Waals surface area contributed by atoms with Crippen molar-refractivity contribution in [2.24, 2.45) is 0 Å². The minimum Gasteiger partial charge on any atom is -0.750 e. The Kier molecular flexibility index (Phi) is 34.3. The van der Waals surface area contributed by atoms with Gasteiger partial charge in [-0.25, -0.2) is 12.6 Å². The van der Waals surface area contributed by atoms with E-state index in [0.29, 0.717) is 0 Å². The monoisotopic (exact) mass is 358 g/mol. The molecule has 13 heavy (non-hydrogen) atoms. The van der Waals surface area contributed by atoms with Gasteiger partial charge in [-0.1, -0.05) is 0 Å². The average Bonchev–Trinajstić information content (AvgIpc) is 1.54. The van der Waals surface area contributed by atoms with Crippen molar-refractivity contribution in [3.05, 3.63) is 0 Å². The van der Waals surface area contributed by atoms with Crippen LogP contribution in [0.5, 0.6) is 0 Å². The van der Waals surface area contributed by atoms with Crippen LogP contribution in [0, 0.1) is 0 Å². The van der Waals surface area contributed by atoms with Crippen LogP contribution in [0.3, 0.4) is 0 Å². The molecule has 0 fully saturated rings. The Labute approximate surface area is 99.4 Å². The molecule has 0 heterocycles. The summed E-state index contributed by atoms with van der Waals surface area (Å²) in [5.74, 6) is 0. The third-order valence-electron chi connectivity index (χ3n) is 0. The Bertz CT molecular complexity index is 112. The van der Waals surface area contributed by atoms with E-state index >= 15 is 0 Å². The molecular formula is H3InO9S3. The SMILES string of the molecule is O=S([O-])O.O=S([O-])O.O=S([O-])O.[In+3]. The molecule has 0 aromatic heterocycles. The van der Waals surface area contributed by atoms with Crippen molar-refractivity contribution in [1.82, 2.24) is 0 Å². The molecule has 0 radical (unpaired) electrons. The van der Waals surface area contributed by atoms with E-state index in [-0.39, 0.29) is 25.8 Å². The van der Waals surface area contributed by atoms with E-state index in [1.807, 2.05) is 0 Å². The second-order valence-electron chi connectivity index (χ2n) is 0.651. The summed E-state index contributed by atoms with van der Waals surface area (Å²) in [5.41, 5.74) is 0. The first-order valence-electron chi connectivity index (χ1n) is 1.55. The van der Waals surface area contributed by atoms with Gasteiger partial charge in [0, 0.05) is 0 Å². The Morgan fingerprint density at radius 3 is 0.692 bits per heavy atom. The molecule has 0 aliphatic carbocycles. The van der Waals surface area contributed by atoms with Crippen molar-refractivity contribution in [3.63, 3.8) is 0 Å². The predicted molar refractivity (Wildman–Crippen MR) is 40.4 cm³/mol. The van der Waals surface area contributed by atoms with Gasteiger partial charge in [0.2, 0.25) is 0 Å². The van der Waals surface area contributed by atoms with Crippen molar-refractivity contribution < 1.29 is 39.9 Å². The zero-order chi connectivity index (χ0) is 10.7. The third-order valence-corrected chi connectivity index (χ3v) is 0. The fourth-order valence-electron chi connectivity index (χ4n) is 0. The van der Waals surface area contributed by atoms with Gasteiger partial charge in [0.1, 0.15) is 0 Å². The van der Waals surface area contributed by atoms with Gasteiger partial charge < -0.3 is 27.3 Å². The van der Waals surface area contributed by atoms with Gasteiger partial charge in [0.15, 0.2) is 0 Å². The molecule has 0 aliphatic heterocycles. The molecule has 0 aromatic rings. The largest absolute Gasteiger partial charge is 3.00 e. The summed E-state index contributed by atoms with van der Waals surface area (Å²) in [6.07, 6.45) is 0. The molecule has 0 aromatic carbocycles. The number of hydrogen-bond donors (Lipinski definition) is 3. The molecule has 0 aliphatic rings. The molecule has 78 valence electrons.